The maximum atomic E-state index is 6.13. The van der Waals surface area contributed by atoms with Gasteiger partial charge in [-0.05, 0) is 57.4 Å². The summed E-state index contributed by atoms with van der Waals surface area (Å²) < 4.78 is 0. The van der Waals surface area contributed by atoms with Gasteiger partial charge in [0.1, 0.15) is 0 Å². The van der Waals surface area contributed by atoms with Gasteiger partial charge in [-0.1, -0.05) is 17.7 Å². The molecule has 0 spiro atoms. The van der Waals surface area contributed by atoms with Gasteiger partial charge in [-0.3, -0.25) is 0 Å². The zero-order chi connectivity index (χ0) is 12.3. The van der Waals surface area contributed by atoms with Crippen molar-refractivity contribution in [3.05, 3.63) is 28.8 Å². The highest BCUT2D eigenvalue weighted by Crippen LogP contribution is 2.25. The van der Waals surface area contributed by atoms with E-state index in [1.165, 1.54) is 25.7 Å². The van der Waals surface area contributed by atoms with Gasteiger partial charge >= 0.3 is 0 Å². The zero-order valence-corrected chi connectivity index (χ0v) is 11.3. The first-order chi connectivity index (χ1) is 8.19. The molecule has 94 valence electrons. The fourth-order valence-corrected chi connectivity index (χ4v) is 2.63. The Hall–Kier alpha value is -0.730. The molecular formula is C14H21ClN2. The van der Waals surface area contributed by atoms with Crippen LogP contribution in [-0.2, 0) is 0 Å². The SMILES string of the molecule is CNC1CCC(Nc2ccc(C)c(Cl)c2)CC1. The maximum absolute atomic E-state index is 6.13. The molecule has 1 aromatic rings. The highest BCUT2D eigenvalue weighted by atomic mass is 35.5. The van der Waals surface area contributed by atoms with Crippen molar-refractivity contribution in [2.75, 3.05) is 12.4 Å². The Morgan fingerprint density at radius 1 is 1.12 bits per heavy atom. The molecule has 3 heteroatoms. The Balaban J connectivity index is 1.91. The highest BCUT2D eigenvalue weighted by molar-refractivity contribution is 6.31. The molecule has 0 amide bonds. The lowest BCUT2D eigenvalue weighted by Crippen LogP contribution is -2.34. The van der Waals surface area contributed by atoms with Crippen LogP contribution in [0.1, 0.15) is 31.2 Å². The topological polar surface area (TPSA) is 24.1 Å². The van der Waals surface area contributed by atoms with Crippen molar-refractivity contribution in [2.24, 2.45) is 0 Å². The predicted octanol–water partition coefficient (Wildman–Crippen LogP) is 3.59. The Kier molecular flexibility index (Phi) is 4.30. The Morgan fingerprint density at radius 2 is 1.76 bits per heavy atom. The maximum Gasteiger partial charge on any atom is 0.0455 e. The fraction of sp³-hybridized carbons (Fsp3) is 0.571. The third-order valence-corrected chi connectivity index (χ3v) is 4.09. The summed E-state index contributed by atoms with van der Waals surface area (Å²) in [5.74, 6) is 0. The van der Waals surface area contributed by atoms with Gasteiger partial charge in [0, 0.05) is 22.8 Å². The molecule has 0 aliphatic heterocycles. The second-order valence-electron chi connectivity index (χ2n) is 4.95. The van der Waals surface area contributed by atoms with Crippen LogP contribution in [0.4, 0.5) is 5.69 Å². The molecule has 1 aliphatic carbocycles. The minimum atomic E-state index is 0.596. The summed E-state index contributed by atoms with van der Waals surface area (Å²) in [6, 6.07) is 7.52. The van der Waals surface area contributed by atoms with Crippen LogP contribution in [0, 0.1) is 6.92 Å². The average molecular weight is 253 g/mol. The largest absolute Gasteiger partial charge is 0.382 e. The Labute approximate surface area is 109 Å². The first kappa shape index (κ1) is 12.7. The van der Waals surface area contributed by atoms with Gasteiger partial charge in [0.05, 0.1) is 0 Å². The lowest BCUT2D eigenvalue weighted by Gasteiger charge is -2.29. The minimum absolute atomic E-state index is 0.596. The number of hydrogen-bond acceptors (Lipinski definition) is 2. The number of halogens is 1. The van der Waals surface area contributed by atoms with Crippen LogP contribution in [0.15, 0.2) is 18.2 Å². The third-order valence-electron chi connectivity index (χ3n) is 3.68. The molecule has 0 unspecified atom stereocenters. The normalized spacial score (nSPS) is 24.6. The molecule has 1 saturated carbocycles. The lowest BCUT2D eigenvalue weighted by atomic mass is 9.91. The van der Waals surface area contributed by atoms with E-state index in [4.69, 9.17) is 11.6 Å². The van der Waals surface area contributed by atoms with E-state index in [9.17, 15) is 0 Å². The molecule has 1 aromatic carbocycles. The third kappa shape index (κ3) is 3.36. The molecule has 0 bridgehead atoms. The average Bonchev–Trinajstić information content (AvgIpc) is 2.35. The summed E-state index contributed by atoms with van der Waals surface area (Å²) in [5, 5.41) is 7.78. The summed E-state index contributed by atoms with van der Waals surface area (Å²) in [5.41, 5.74) is 2.28. The summed E-state index contributed by atoms with van der Waals surface area (Å²) >= 11 is 6.13. The lowest BCUT2D eigenvalue weighted by molar-refractivity contribution is 0.371. The summed E-state index contributed by atoms with van der Waals surface area (Å²) in [6.07, 6.45) is 4.98. The van der Waals surface area contributed by atoms with Gasteiger partial charge < -0.3 is 10.6 Å². The van der Waals surface area contributed by atoms with Crippen molar-refractivity contribution in [3.63, 3.8) is 0 Å². The van der Waals surface area contributed by atoms with Gasteiger partial charge in [-0.15, -0.1) is 0 Å². The number of aryl methyl sites for hydroxylation is 1. The molecule has 1 aliphatic rings. The molecule has 0 radical (unpaired) electrons. The van der Waals surface area contributed by atoms with Gasteiger partial charge in [-0.2, -0.15) is 0 Å². The van der Waals surface area contributed by atoms with E-state index in [0.29, 0.717) is 12.1 Å². The molecule has 2 rings (SSSR count). The first-order valence-corrected chi connectivity index (χ1v) is 6.77. The zero-order valence-electron chi connectivity index (χ0n) is 10.6. The van der Waals surface area contributed by atoms with E-state index in [0.717, 1.165) is 16.3 Å². The van der Waals surface area contributed by atoms with Gasteiger partial charge in [0.2, 0.25) is 0 Å². The van der Waals surface area contributed by atoms with E-state index in [2.05, 4.69) is 29.8 Å². The van der Waals surface area contributed by atoms with Gasteiger partial charge in [0.15, 0.2) is 0 Å². The second kappa shape index (κ2) is 5.74. The standard InChI is InChI=1S/C14H21ClN2/c1-10-3-4-13(9-14(10)15)17-12-7-5-11(16-2)6-8-12/h3-4,9,11-12,16-17H,5-8H2,1-2H3. The van der Waals surface area contributed by atoms with E-state index >= 15 is 0 Å². The van der Waals surface area contributed by atoms with E-state index in [-0.39, 0.29) is 0 Å². The van der Waals surface area contributed by atoms with Crippen LogP contribution in [0.2, 0.25) is 5.02 Å². The molecule has 0 heterocycles. The van der Waals surface area contributed by atoms with E-state index in [1.54, 1.807) is 0 Å². The highest BCUT2D eigenvalue weighted by Gasteiger charge is 2.19. The van der Waals surface area contributed by atoms with Crippen LogP contribution in [0.25, 0.3) is 0 Å². The van der Waals surface area contributed by atoms with Crippen molar-refractivity contribution >= 4 is 17.3 Å². The quantitative estimate of drug-likeness (QED) is 0.859. The number of hydrogen-bond donors (Lipinski definition) is 2. The van der Waals surface area contributed by atoms with Crippen molar-refractivity contribution in [1.29, 1.82) is 0 Å². The van der Waals surface area contributed by atoms with Crippen molar-refractivity contribution in [3.8, 4) is 0 Å². The summed E-state index contributed by atoms with van der Waals surface area (Å²) in [6.45, 7) is 2.03. The Bertz CT molecular complexity index is 370. The van der Waals surface area contributed by atoms with Crippen LogP contribution in [0.3, 0.4) is 0 Å². The molecule has 0 atom stereocenters. The van der Waals surface area contributed by atoms with Crippen LogP contribution >= 0.6 is 11.6 Å². The molecular weight excluding hydrogens is 232 g/mol. The number of rotatable bonds is 3. The van der Waals surface area contributed by atoms with Crippen molar-refractivity contribution in [1.82, 2.24) is 5.32 Å². The number of benzene rings is 1. The smallest absolute Gasteiger partial charge is 0.0455 e. The van der Waals surface area contributed by atoms with Crippen molar-refractivity contribution < 1.29 is 0 Å². The van der Waals surface area contributed by atoms with Crippen LogP contribution in [-0.4, -0.2) is 19.1 Å². The van der Waals surface area contributed by atoms with Crippen molar-refractivity contribution in [2.45, 2.75) is 44.7 Å². The number of anilines is 1. The monoisotopic (exact) mass is 252 g/mol. The second-order valence-corrected chi connectivity index (χ2v) is 5.35. The van der Waals surface area contributed by atoms with Crippen LogP contribution in [0.5, 0.6) is 0 Å². The first-order valence-electron chi connectivity index (χ1n) is 6.39. The molecule has 1 fully saturated rings. The van der Waals surface area contributed by atoms with Gasteiger partial charge in [-0.25, -0.2) is 0 Å². The molecule has 2 nitrogen and oxygen atoms in total. The number of nitrogens with one attached hydrogen (secondary N) is 2. The summed E-state index contributed by atoms with van der Waals surface area (Å²) in [7, 11) is 2.05. The fourth-order valence-electron chi connectivity index (χ4n) is 2.44. The van der Waals surface area contributed by atoms with Crippen LogP contribution < -0.4 is 10.6 Å². The summed E-state index contributed by atoms with van der Waals surface area (Å²) in [4.78, 5) is 0. The van der Waals surface area contributed by atoms with E-state index < -0.39 is 0 Å². The Morgan fingerprint density at radius 3 is 2.35 bits per heavy atom. The minimum Gasteiger partial charge on any atom is -0.382 e. The molecule has 0 aromatic heterocycles. The molecule has 17 heavy (non-hydrogen) atoms. The molecule has 0 saturated heterocycles. The molecule has 2 N–H and O–H groups in total. The van der Waals surface area contributed by atoms with E-state index in [1.807, 2.05) is 13.0 Å². The van der Waals surface area contributed by atoms with Gasteiger partial charge in [0.25, 0.3) is 0 Å². The predicted molar refractivity (Wildman–Crippen MR) is 74.9 cm³/mol.